The third kappa shape index (κ3) is 4.12. The Hall–Kier alpha value is -1.26. The summed E-state index contributed by atoms with van der Waals surface area (Å²) in [6, 6.07) is 20.1. The highest BCUT2D eigenvalue weighted by Gasteiger charge is 2.03. The highest BCUT2D eigenvalue weighted by molar-refractivity contribution is 9.09. The summed E-state index contributed by atoms with van der Waals surface area (Å²) < 4.78 is 0. The molecule has 0 N–H and O–H groups in total. The van der Waals surface area contributed by atoms with Crippen LogP contribution in [-0.4, -0.2) is 22.1 Å². The van der Waals surface area contributed by atoms with Crippen molar-refractivity contribution >= 4 is 43.3 Å². The van der Waals surface area contributed by atoms with Crippen molar-refractivity contribution in [1.29, 1.82) is 0 Å². The van der Waals surface area contributed by atoms with Gasteiger partial charge in [-0.15, -0.1) is 0 Å². The van der Waals surface area contributed by atoms with Crippen LogP contribution < -0.4 is 0 Å². The number of alkyl halides is 2. The molecule has 0 saturated heterocycles. The summed E-state index contributed by atoms with van der Waals surface area (Å²) in [5.41, 5.74) is 3.99. The van der Waals surface area contributed by atoms with Gasteiger partial charge in [-0.2, -0.15) is 10.2 Å². The van der Waals surface area contributed by atoms with E-state index in [1.165, 1.54) is 0 Å². The molecule has 2 nitrogen and oxygen atoms in total. The van der Waals surface area contributed by atoms with E-state index in [1.807, 2.05) is 60.7 Å². The maximum absolute atomic E-state index is 4.39. The van der Waals surface area contributed by atoms with Crippen LogP contribution in [0.4, 0.5) is 0 Å². The van der Waals surface area contributed by atoms with Crippen molar-refractivity contribution in [3.8, 4) is 0 Å². The van der Waals surface area contributed by atoms with Crippen molar-refractivity contribution in [3.05, 3.63) is 71.8 Å². The van der Waals surface area contributed by atoms with Gasteiger partial charge < -0.3 is 0 Å². The average Bonchev–Trinajstić information content (AvgIpc) is 2.53. The Morgan fingerprint density at radius 2 is 1.00 bits per heavy atom. The second-order valence-electron chi connectivity index (χ2n) is 4.09. The van der Waals surface area contributed by atoms with Crippen LogP contribution in [0.3, 0.4) is 0 Å². The van der Waals surface area contributed by atoms with Crippen LogP contribution >= 0.6 is 31.9 Å². The molecule has 2 aromatic carbocycles. The zero-order valence-electron chi connectivity index (χ0n) is 10.8. The van der Waals surface area contributed by atoms with Gasteiger partial charge in [0, 0.05) is 10.7 Å². The molecule has 0 radical (unpaired) electrons. The minimum atomic E-state index is 0.671. The molecule has 102 valence electrons. The summed E-state index contributed by atoms with van der Waals surface area (Å²) in [5, 5.41) is 10.1. The van der Waals surface area contributed by atoms with Crippen LogP contribution in [0.15, 0.2) is 70.9 Å². The number of hydrogen-bond donors (Lipinski definition) is 0. The van der Waals surface area contributed by atoms with Gasteiger partial charge in [-0.05, 0) is 11.1 Å². The SMILES string of the molecule is BrC/C(=N\N=C(\CBr)c1ccccc1)c1ccccc1. The molecule has 0 unspecified atom stereocenters. The van der Waals surface area contributed by atoms with Crippen LogP contribution in [0.2, 0.25) is 0 Å². The van der Waals surface area contributed by atoms with E-state index in [9.17, 15) is 0 Å². The monoisotopic (exact) mass is 392 g/mol. The summed E-state index contributed by atoms with van der Waals surface area (Å²) in [6.45, 7) is 0. The fraction of sp³-hybridized carbons (Fsp3) is 0.125. The fourth-order valence-corrected chi connectivity index (χ4v) is 2.58. The van der Waals surface area contributed by atoms with Gasteiger partial charge in [0.15, 0.2) is 0 Å². The lowest BCUT2D eigenvalue weighted by Gasteiger charge is -2.03. The molecule has 0 aliphatic rings. The van der Waals surface area contributed by atoms with Crippen LogP contribution in [-0.2, 0) is 0 Å². The normalized spacial score (nSPS) is 12.5. The first-order chi connectivity index (χ1) is 9.85. The minimum absolute atomic E-state index is 0.671. The smallest absolute Gasteiger partial charge is 0.0808 e. The summed E-state index contributed by atoms with van der Waals surface area (Å²) in [4.78, 5) is 0. The van der Waals surface area contributed by atoms with Crippen molar-refractivity contribution in [2.24, 2.45) is 10.2 Å². The first-order valence-electron chi connectivity index (χ1n) is 6.21. The average molecular weight is 394 g/mol. The Kier molecular flexibility index (Phi) is 6.15. The number of benzene rings is 2. The molecule has 0 atom stereocenters. The van der Waals surface area contributed by atoms with E-state index < -0.39 is 0 Å². The van der Waals surface area contributed by atoms with Crippen molar-refractivity contribution in [3.63, 3.8) is 0 Å². The Bertz CT molecular complexity index is 537. The fourth-order valence-electron chi connectivity index (χ4n) is 1.71. The summed E-state index contributed by atoms with van der Waals surface area (Å²) >= 11 is 6.94. The molecular weight excluding hydrogens is 380 g/mol. The van der Waals surface area contributed by atoms with E-state index in [0.717, 1.165) is 22.6 Å². The zero-order valence-corrected chi connectivity index (χ0v) is 14.0. The molecule has 0 aliphatic heterocycles. The minimum Gasteiger partial charge on any atom is -0.154 e. The quantitative estimate of drug-likeness (QED) is 0.400. The lowest BCUT2D eigenvalue weighted by molar-refractivity contribution is 1.22. The summed E-state index contributed by atoms with van der Waals surface area (Å²) in [6.07, 6.45) is 0. The number of halogens is 2. The molecule has 20 heavy (non-hydrogen) atoms. The van der Waals surface area contributed by atoms with Crippen LogP contribution in [0.25, 0.3) is 0 Å². The van der Waals surface area contributed by atoms with Gasteiger partial charge in [-0.3, -0.25) is 0 Å². The standard InChI is InChI=1S/C16H14Br2N2/c17-11-15(13-7-3-1-4-8-13)19-20-16(12-18)14-9-5-2-6-10-14/h1-10H,11-12H2/b19-15-,20-16+. The molecule has 0 aromatic heterocycles. The maximum Gasteiger partial charge on any atom is 0.0808 e. The number of rotatable bonds is 5. The molecule has 2 rings (SSSR count). The summed E-state index contributed by atoms with van der Waals surface area (Å²) in [7, 11) is 0. The first-order valence-corrected chi connectivity index (χ1v) is 8.45. The molecule has 0 bridgehead atoms. The van der Waals surface area contributed by atoms with E-state index in [0.29, 0.717) is 10.7 Å². The van der Waals surface area contributed by atoms with Crippen LogP contribution in [0.5, 0.6) is 0 Å². The molecule has 0 spiro atoms. The lowest BCUT2D eigenvalue weighted by atomic mass is 10.1. The van der Waals surface area contributed by atoms with E-state index in [4.69, 9.17) is 0 Å². The molecule has 0 saturated carbocycles. The Morgan fingerprint density at radius 1 is 0.650 bits per heavy atom. The van der Waals surface area contributed by atoms with Gasteiger partial charge in [0.1, 0.15) is 0 Å². The number of hydrogen-bond acceptors (Lipinski definition) is 2. The first kappa shape index (κ1) is 15.1. The maximum atomic E-state index is 4.39. The van der Waals surface area contributed by atoms with Crippen molar-refractivity contribution < 1.29 is 0 Å². The third-order valence-corrected chi connectivity index (χ3v) is 3.82. The van der Waals surface area contributed by atoms with Gasteiger partial charge in [-0.1, -0.05) is 92.5 Å². The molecule has 2 aromatic rings. The Morgan fingerprint density at radius 3 is 1.30 bits per heavy atom. The molecule has 0 aliphatic carbocycles. The molecular formula is C16H14Br2N2. The van der Waals surface area contributed by atoms with Crippen LogP contribution in [0.1, 0.15) is 11.1 Å². The lowest BCUT2D eigenvalue weighted by Crippen LogP contribution is -2.05. The molecule has 4 heteroatoms. The van der Waals surface area contributed by atoms with Gasteiger partial charge in [0.2, 0.25) is 0 Å². The zero-order chi connectivity index (χ0) is 14.2. The molecule has 0 heterocycles. The van der Waals surface area contributed by atoms with E-state index in [2.05, 4.69) is 42.1 Å². The Labute approximate surface area is 135 Å². The van der Waals surface area contributed by atoms with E-state index >= 15 is 0 Å². The number of nitrogens with zero attached hydrogens (tertiary/aromatic N) is 2. The predicted octanol–water partition coefficient (Wildman–Crippen LogP) is 4.67. The second-order valence-corrected chi connectivity index (χ2v) is 5.21. The van der Waals surface area contributed by atoms with Crippen LogP contribution in [0, 0.1) is 0 Å². The highest BCUT2D eigenvalue weighted by atomic mass is 79.9. The highest BCUT2D eigenvalue weighted by Crippen LogP contribution is 2.07. The van der Waals surface area contributed by atoms with E-state index in [1.54, 1.807) is 0 Å². The largest absolute Gasteiger partial charge is 0.154 e. The Balaban J connectivity index is 2.30. The second kappa shape index (κ2) is 8.12. The van der Waals surface area contributed by atoms with Crippen molar-refractivity contribution in [2.45, 2.75) is 0 Å². The summed E-state index contributed by atoms with van der Waals surface area (Å²) in [5.74, 6) is 0. The predicted molar refractivity (Wildman–Crippen MR) is 93.5 cm³/mol. The van der Waals surface area contributed by atoms with Gasteiger partial charge in [-0.25, -0.2) is 0 Å². The van der Waals surface area contributed by atoms with Gasteiger partial charge in [0.05, 0.1) is 11.4 Å². The third-order valence-electron chi connectivity index (χ3n) is 2.76. The van der Waals surface area contributed by atoms with Gasteiger partial charge >= 0.3 is 0 Å². The van der Waals surface area contributed by atoms with E-state index in [-0.39, 0.29) is 0 Å². The van der Waals surface area contributed by atoms with Crippen molar-refractivity contribution in [2.75, 3.05) is 10.7 Å². The van der Waals surface area contributed by atoms with Crippen molar-refractivity contribution in [1.82, 2.24) is 0 Å². The molecule has 0 fully saturated rings. The molecule has 0 amide bonds. The topological polar surface area (TPSA) is 24.7 Å². The van der Waals surface area contributed by atoms with Gasteiger partial charge in [0.25, 0.3) is 0 Å².